The van der Waals surface area contributed by atoms with Gasteiger partial charge in [-0.2, -0.15) is 0 Å². The Morgan fingerprint density at radius 3 is 3.25 bits per heavy atom. The van der Waals surface area contributed by atoms with Crippen LogP contribution in [0.1, 0.15) is 23.0 Å². The van der Waals surface area contributed by atoms with Crippen LogP contribution in [0.2, 0.25) is 0 Å². The van der Waals surface area contributed by atoms with E-state index in [9.17, 15) is 4.79 Å². The third-order valence-electron chi connectivity index (χ3n) is 3.40. The van der Waals surface area contributed by atoms with Crippen LogP contribution >= 0.6 is 0 Å². The first kappa shape index (κ1) is 9.65. The minimum absolute atomic E-state index is 0.127. The van der Waals surface area contributed by atoms with Crippen LogP contribution in [0, 0.1) is 5.92 Å². The number of carboxylic acids is 1. The Labute approximate surface area is 92.7 Å². The van der Waals surface area contributed by atoms with Gasteiger partial charge in [-0.1, -0.05) is 0 Å². The van der Waals surface area contributed by atoms with E-state index in [1.807, 2.05) is 4.57 Å². The third-order valence-corrected chi connectivity index (χ3v) is 3.40. The van der Waals surface area contributed by atoms with Gasteiger partial charge in [-0.05, 0) is 13.0 Å². The van der Waals surface area contributed by atoms with E-state index in [1.54, 1.807) is 6.20 Å². The van der Waals surface area contributed by atoms with E-state index in [4.69, 9.17) is 5.11 Å². The minimum atomic E-state index is -0.964. The Balaban J connectivity index is 1.97. The van der Waals surface area contributed by atoms with Gasteiger partial charge in [0.2, 0.25) is 5.95 Å². The number of hydrogen-bond acceptors (Lipinski definition) is 4. The smallest absolute Gasteiger partial charge is 0.356 e. The second kappa shape index (κ2) is 3.48. The van der Waals surface area contributed by atoms with Gasteiger partial charge in [-0.25, -0.2) is 9.78 Å². The second-order valence-electron chi connectivity index (χ2n) is 4.36. The van der Waals surface area contributed by atoms with Crippen molar-refractivity contribution in [2.24, 2.45) is 5.92 Å². The van der Waals surface area contributed by atoms with Crippen LogP contribution in [0.25, 0.3) is 0 Å². The predicted octanol–water partition coefficient (Wildman–Crippen LogP) is 0.157. The lowest BCUT2D eigenvalue weighted by atomic mass is 9.92. The molecule has 2 aliphatic rings. The third kappa shape index (κ3) is 1.37. The fourth-order valence-electron chi connectivity index (χ4n) is 2.59. The fourth-order valence-corrected chi connectivity index (χ4v) is 2.59. The molecule has 3 heterocycles. The number of aromatic carboxylic acids is 1. The number of imidazole rings is 1. The van der Waals surface area contributed by atoms with Crippen molar-refractivity contribution in [1.82, 2.24) is 14.9 Å². The average molecular weight is 222 g/mol. The minimum Gasteiger partial charge on any atom is -0.476 e. The summed E-state index contributed by atoms with van der Waals surface area (Å²) < 4.78 is 1.98. The van der Waals surface area contributed by atoms with Crippen LogP contribution in [0.4, 0.5) is 5.95 Å². The van der Waals surface area contributed by atoms with E-state index in [2.05, 4.69) is 15.6 Å². The maximum absolute atomic E-state index is 10.9. The van der Waals surface area contributed by atoms with Gasteiger partial charge in [0.25, 0.3) is 0 Å². The Kier molecular flexibility index (Phi) is 2.10. The van der Waals surface area contributed by atoms with Gasteiger partial charge >= 0.3 is 5.97 Å². The van der Waals surface area contributed by atoms with Gasteiger partial charge in [-0.3, -0.25) is 0 Å². The lowest BCUT2D eigenvalue weighted by Crippen LogP contribution is -2.44. The van der Waals surface area contributed by atoms with Gasteiger partial charge in [0.15, 0.2) is 5.69 Å². The number of piperidine rings is 1. The number of carbonyl (C=O) groups is 1. The van der Waals surface area contributed by atoms with Gasteiger partial charge in [0.05, 0.1) is 0 Å². The molecule has 2 atom stereocenters. The fraction of sp³-hybridized carbons (Fsp3) is 0.600. The van der Waals surface area contributed by atoms with Crippen molar-refractivity contribution in [3.8, 4) is 0 Å². The Bertz CT molecular complexity index is 428. The van der Waals surface area contributed by atoms with Gasteiger partial charge in [0.1, 0.15) is 0 Å². The van der Waals surface area contributed by atoms with Crippen LogP contribution in [0.15, 0.2) is 6.20 Å². The van der Waals surface area contributed by atoms with Gasteiger partial charge in [0, 0.05) is 31.2 Å². The first-order valence-corrected chi connectivity index (χ1v) is 5.52. The number of hydrogen-bond donors (Lipinski definition) is 3. The number of anilines is 1. The molecule has 6 heteroatoms. The van der Waals surface area contributed by atoms with Crippen LogP contribution in [0.5, 0.6) is 0 Å². The molecule has 0 bridgehead atoms. The summed E-state index contributed by atoms with van der Waals surface area (Å²) in [6.07, 6.45) is 2.68. The first-order chi connectivity index (χ1) is 7.75. The Hall–Kier alpha value is -1.56. The molecule has 0 aliphatic carbocycles. The molecule has 3 N–H and O–H groups in total. The highest BCUT2D eigenvalue weighted by atomic mass is 16.4. The molecule has 86 valence electrons. The summed E-state index contributed by atoms with van der Waals surface area (Å²) in [6, 6.07) is 0.387. The van der Waals surface area contributed by atoms with E-state index in [0.29, 0.717) is 17.9 Å². The summed E-state index contributed by atoms with van der Waals surface area (Å²) in [4.78, 5) is 14.9. The Morgan fingerprint density at radius 2 is 2.44 bits per heavy atom. The molecular formula is C10H14N4O2. The Morgan fingerprint density at radius 1 is 1.56 bits per heavy atom. The molecule has 2 aliphatic heterocycles. The standard InChI is InChI=1S/C10H14N4O2/c15-9(16)7-5-14-8-1-2-11-3-6(8)4-12-10(14)13-7/h5-6,8,11H,1-4H2,(H,12,13)(H,15,16). The van der Waals surface area contributed by atoms with E-state index in [0.717, 1.165) is 26.1 Å². The first-order valence-electron chi connectivity index (χ1n) is 5.52. The summed E-state index contributed by atoms with van der Waals surface area (Å²) in [6.45, 7) is 2.84. The summed E-state index contributed by atoms with van der Waals surface area (Å²) in [5, 5.41) is 15.5. The average Bonchev–Trinajstić information content (AvgIpc) is 2.73. The van der Waals surface area contributed by atoms with Gasteiger partial charge in [-0.15, -0.1) is 0 Å². The number of nitrogens with zero attached hydrogens (tertiary/aromatic N) is 2. The molecule has 0 aromatic carbocycles. The van der Waals surface area contributed by atoms with Crippen LogP contribution in [-0.2, 0) is 0 Å². The largest absolute Gasteiger partial charge is 0.476 e. The summed E-state index contributed by atoms with van der Waals surface area (Å²) >= 11 is 0. The van der Waals surface area contributed by atoms with Crippen molar-refractivity contribution in [3.63, 3.8) is 0 Å². The van der Waals surface area contributed by atoms with Crippen molar-refractivity contribution in [2.45, 2.75) is 12.5 Å². The molecule has 1 aromatic rings. The lowest BCUT2D eigenvalue weighted by molar-refractivity contribution is 0.0691. The molecule has 2 unspecified atom stereocenters. The maximum atomic E-state index is 10.9. The summed E-state index contributed by atoms with van der Waals surface area (Å²) in [5.74, 6) is 0.256. The predicted molar refractivity (Wildman–Crippen MR) is 57.7 cm³/mol. The number of aromatic nitrogens is 2. The zero-order chi connectivity index (χ0) is 11.1. The lowest BCUT2D eigenvalue weighted by Gasteiger charge is -2.37. The summed E-state index contributed by atoms with van der Waals surface area (Å²) in [5.41, 5.74) is 0.127. The van der Waals surface area contributed by atoms with E-state index in [-0.39, 0.29) is 5.69 Å². The zero-order valence-electron chi connectivity index (χ0n) is 8.81. The monoisotopic (exact) mass is 222 g/mol. The highest BCUT2D eigenvalue weighted by Gasteiger charge is 2.32. The maximum Gasteiger partial charge on any atom is 0.356 e. The highest BCUT2D eigenvalue weighted by molar-refractivity contribution is 5.85. The number of rotatable bonds is 1. The molecule has 0 amide bonds. The molecule has 0 radical (unpaired) electrons. The van der Waals surface area contributed by atoms with Crippen molar-refractivity contribution < 1.29 is 9.90 Å². The highest BCUT2D eigenvalue weighted by Crippen LogP contribution is 2.32. The molecule has 16 heavy (non-hydrogen) atoms. The second-order valence-corrected chi connectivity index (χ2v) is 4.36. The number of fused-ring (bicyclic) bond motifs is 3. The van der Waals surface area contributed by atoms with Crippen LogP contribution in [-0.4, -0.2) is 40.3 Å². The van der Waals surface area contributed by atoms with Crippen molar-refractivity contribution in [2.75, 3.05) is 25.0 Å². The number of carboxylic acid groups (broad SMARTS) is 1. The molecule has 0 spiro atoms. The molecule has 3 rings (SSSR count). The molecule has 6 nitrogen and oxygen atoms in total. The van der Waals surface area contributed by atoms with Crippen molar-refractivity contribution in [3.05, 3.63) is 11.9 Å². The number of nitrogens with one attached hydrogen (secondary N) is 2. The van der Waals surface area contributed by atoms with Crippen molar-refractivity contribution >= 4 is 11.9 Å². The van der Waals surface area contributed by atoms with E-state index in [1.165, 1.54) is 0 Å². The quantitative estimate of drug-likeness (QED) is 0.630. The topological polar surface area (TPSA) is 79.2 Å². The van der Waals surface area contributed by atoms with Crippen molar-refractivity contribution in [1.29, 1.82) is 0 Å². The SMILES string of the molecule is O=C(O)c1cn2c(n1)NCC1CNCCC12. The molecule has 1 fully saturated rings. The molecule has 1 saturated heterocycles. The van der Waals surface area contributed by atoms with Crippen LogP contribution < -0.4 is 10.6 Å². The molecular weight excluding hydrogens is 208 g/mol. The van der Waals surface area contributed by atoms with Crippen LogP contribution in [0.3, 0.4) is 0 Å². The molecule has 0 saturated carbocycles. The van der Waals surface area contributed by atoms with E-state index >= 15 is 0 Å². The van der Waals surface area contributed by atoms with E-state index < -0.39 is 5.97 Å². The van der Waals surface area contributed by atoms with Gasteiger partial charge < -0.3 is 20.3 Å². The summed E-state index contributed by atoms with van der Waals surface area (Å²) in [7, 11) is 0. The molecule has 1 aromatic heterocycles. The zero-order valence-corrected chi connectivity index (χ0v) is 8.81. The normalized spacial score (nSPS) is 27.8.